The molecule has 3 aromatic carbocycles. The molecule has 35 heavy (non-hydrogen) atoms. The number of nitrogens with one attached hydrogen (secondary N) is 1. The average Bonchev–Trinajstić information content (AvgIpc) is 3.51. The van der Waals surface area contributed by atoms with E-state index in [1.807, 2.05) is 54.9 Å². The van der Waals surface area contributed by atoms with Crippen molar-refractivity contribution in [2.45, 2.75) is 23.7 Å². The van der Waals surface area contributed by atoms with Crippen molar-refractivity contribution in [2.24, 2.45) is 0 Å². The molecule has 0 aliphatic rings. The van der Waals surface area contributed by atoms with Crippen molar-refractivity contribution in [2.75, 3.05) is 0 Å². The highest BCUT2D eigenvalue weighted by Crippen LogP contribution is 2.18. The van der Waals surface area contributed by atoms with Gasteiger partial charge in [0.25, 0.3) is 5.91 Å². The summed E-state index contributed by atoms with van der Waals surface area (Å²) in [6.07, 6.45) is 1.83. The number of rotatable bonds is 8. The van der Waals surface area contributed by atoms with Crippen LogP contribution in [-0.2, 0) is 28.7 Å². The van der Waals surface area contributed by atoms with Crippen molar-refractivity contribution >= 4 is 26.8 Å². The van der Waals surface area contributed by atoms with Gasteiger partial charge in [0.1, 0.15) is 11.5 Å². The number of hydrogen-bond donors (Lipinski definition) is 1. The van der Waals surface area contributed by atoms with Gasteiger partial charge < -0.3 is 14.3 Å². The van der Waals surface area contributed by atoms with Crippen LogP contribution in [0.15, 0.2) is 107 Å². The van der Waals surface area contributed by atoms with Crippen molar-refractivity contribution < 1.29 is 17.6 Å². The van der Waals surface area contributed by atoms with E-state index >= 15 is 0 Å². The van der Waals surface area contributed by atoms with Crippen molar-refractivity contribution in [3.05, 3.63) is 120 Å². The molecule has 8 heteroatoms. The van der Waals surface area contributed by atoms with Gasteiger partial charge in [-0.25, -0.2) is 13.4 Å². The summed E-state index contributed by atoms with van der Waals surface area (Å²) < 4.78 is 32.6. The maximum Gasteiger partial charge on any atom is 0.287 e. The molecule has 5 aromatic rings. The van der Waals surface area contributed by atoms with E-state index in [1.165, 1.54) is 24.3 Å². The fourth-order valence-corrected chi connectivity index (χ4v) is 5.11. The Kier molecular flexibility index (Phi) is 6.20. The van der Waals surface area contributed by atoms with Crippen LogP contribution in [0.2, 0.25) is 0 Å². The Balaban J connectivity index is 1.17. The molecular weight excluding hydrogens is 462 g/mol. The van der Waals surface area contributed by atoms with E-state index in [2.05, 4.69) is 14.9 Å². The van der Waals surface area contributed by atoms with Crippen LogP contribution in [0.25, 0.3) is 11.0 Å². The summed E-state index contributed by atoms with van der Waals surface area (Å²) in [5.74, 6) is -0.414. The molecular formula is C27H23N3O4S. The Bertz CT molecular complexity index is 1570. The van der Waals surface area contributed by atoms with E-state index in [9.17, 15) is 13.2 Å². The lowest BCUT2D eigenvalue weighted by Gasteiger charge is -2.07. The van der Waals surface area contributed by atoms with Gasteiger partial charge >= 0.3 is 0 Å². The molecule has 0 fully saturated rings. The highest BCUT2D eigenvalue weighted by molar-refractivity contribution is 7.90. The molecule has 0 unspecified atom stereocenters. The maximum absolute atomic E-state index is 12.5. The first-order valence-corrected chi connectivity index (χ1v) is 12.8. The number of hydrogen-bond acceptors (Lipinski definition) is 5. The maximum atomic E-state index is 12.5. The van der Waals surface area contributed by atoms with E-state index in [0.29, 0.717) is 13.1 Å². The van der Waals surface area contributed by atoms with Gasteiger partial charge in [-0.2, -0.15) is 0 Å². The second-order valence-corrected chi connectivity index (χ2v) is 10.2. The number of imidazole rings is 1. The third-order valence-corrected chi connectivity index (χ3v) is 7.33. The largest absolute Gasteiger partial charge is 0.455 e. The van der Waals surface area contributed by atoms with E-state index < -0.39 is 15.7 Å². The third kappa shape index (κ3) is 5.17. The number of furan rings is 1. The standard InChI is InChI=1S/C27H23N3O4S/c31-27(26-15-14-22(34-26)18-35(32,33)23-6-2-1-3-7-23)28-16-20-10-12-21(13-11-20)17-30-19-29-24-8-4-5-9-25(24)30/h1-15,19H,16-18H2,(H,28,31). The lowest BCUT2D eigenvalue weighted by Crippen LogP contribution is -2.22. The summed E-state index contributed by atoms with van der Waals surface area (Å²) in [6.45, 7) is 1.03. The van der Waals surface area contributed by atoms with Crippen LogP contribution in [0, 0.1) is 0 Å². The number of benzene rings is 3. The van der Waals surface area contributed by atoms with Crippen LogP contribution in [0.3, 0.4) is 0 Å². The van der Waals surface area contributed by atoms with Gasteiger partial charge in [0.2, 0.25) is 0 Å². The molecule has 176 valence electrons. The molecule has 0 bridgehead atoms. The number of sulfone groups is 1. The normalized spacial score (nSPS) is 11.5. The highest BCUT2D eigenvalue weighted by atomic mass is 32.2. The van der Waals surface area contributed by atoms with Gasteiger partial charge in [-0.1, -0.05) is 54.6 Å². The van der Waals surface area contributed by atoms with Crippen LogP contribution in [-0.4, -0.2) is 23.9 Å². The number of carbonyl (C=O) groups excluding carboxylic acids is 1. The number of nitrogens with zero attached hydrogens (tertiary/aromatic N) is 2. The van der Waals surface area contributed by atoms with Gasteiger partial charge in [0.15, 0.2) is 15.6 Å². The fraction of sp³-hybridized carbons (Fsp3) is 0.111. The smallest absolute Gasteiger partial charge is 0.287 e. The van der Waals surface area contributed by atoms with Crippen LogP contribution in [0.5, 0.6) is 0 Å². The van der Waals surface area contributed by atoms with Gasteiger partial charge in [-0.3, -0.25) is 4.79 Å². The van der Waals surface area contributed by atoms with Crippen molar-refractivity contribution in [1.29, 1.82) is 0 Å². The lowest BCUT2D eigenvalue weighted by molar-refractivity contribution is 0.0921. The predicted octanol–water partition coefficient (Wildman–Crippen LogP) is 4.58. The van der Waals surface area contributed by atoms with Crippen molar-refractivity contribution in [1.82, 2.24) is 14.9 Å². The second-order valence-electron chi connectivity index (χ2n) is 8.20. The first kappa shape index (κ1) is 22.6. The van der Waals surface area contributed by atoms with Gasteiger partial charge in [-0.05, 0) is 47.5 Å². The Labute approximate surface area is 203 Å². The molecule has 1 amide bonds. The highest BCUT2D eigenvalue weighted by Gasteiger charge is 2.19. The third-order valence-electron chi connectivity index (χ3n) is 5.68. The average molecular weight is 486 g/mol. The number of amides is 1. The molecule has 2 aromatic heterocycles. The lowest BCUT2D eigenvalue weighted by atomic mass is 10.1. The molecule has 2 heterocycles. The molecule has 0 aliphatic heterocycles. The van der Waals surface area contributed by atoms with Gasteiger partial charge in [0.05, 0.1) is 22.3 Å². The topological polar surface area (TPSA) is 94.2 Å². The minimum absolute atomic E-state index is 0.0758. The summed E-state index contributed by atoms with van der Waals surface area (Å²) in [6, 6.07) is 27.1. The zero-order valence-electron chi connectivity index (χ0n) is 18.8. The van der Waals surface area contributed by atoms with Gasteiger partial charge in [-0.15, -0.1) is 0 Å². The van der Waals surface area contributed by atoms with Crippen LogP contribution in [0.1, 0.15) is 27.4 Å². The molecule has 0 saturated carbocycles. The summed E-state index contributed by atoms with van der Waals surface area (Å²) in [7, 11) is -3.55. The summed E-state index contributed by atoms with van der Waals surface area (Å²) >= 11 is 0. The summed E-state index contributed by atoms with van der Waals surface area (Å²) in [5.41, 5.74) is 4.11. The zero-order chi connectivity index (χ0) is 24.3. The number of para-hydroxylation sites is 2. The van der Waals surface area contributed by atoms with Crippen LogP contribution >= 0.6 is 0 Å². The van der Waals surface area contributed by atoms with E-state index in [0.717, 1.165) is 22.2 Å². The van der Waals surface area contributed by atoms with Crippen LogP contribution < -0.4 is 5.32 Å². The summed E-state index contributed by atoms with van der Waals surface area (Å²) in [5, 5.41) is 2.81. The molecule has 0 aliphatic carbocycles. The predicted molar refractivity (Wildman–Crippen MR) is 132 cm³/mol. The minimum Gasteiger partial charge on any atom is -0.455 e. The van der Waals surface area contributed by atoms with E-state index in [4.69, 9.17) is 4.42 Å². The zero-order valence-corrected chi connectivity index (χ0v) is 19.6. The molecule has 0 atom stereocenters. The fourth-order valence-electron chi connectivity index (χ4n) is 3.84. The molecule has 0 spiro atoms. The summed E-state index contributed by atoms with van der Waals surface area (Å²) in [4.78, 5) is 17.1. The quantitative estimate of drug-likeness (QED) is 0.347. The Morgan fingerprint density at radius 2 is 1.57 bits per heavy atom. The van der Waals surface area contributed by atoms with Crippen molar-refractivity contribution in [3.63, 3.8) is 0 Å². The monoisotopic (exact) mass is 485 g/mol. The Hall–Kier alpha value is -4.17. The van der Waals surface area contributed by atoms with E-state index in [1.54, 1.807) is 18.2 Å². The Morgan fingerprint density at radius 1 is 0.857 bits per heavy atom. The first-order chi connectivity index (χ1) is 17.0. The number of aromatic nitrogens is 2. The molecule has 0 saturated heterocycles. The van der Waals surface area contributed by atoms with Crippen molar-refractivity contribution in [3.8, 4) is 0 Å². The number of carbonyl (C=O) groups is 1. The van der Waals surface area contributed by atoms with Gasteiger partial charge in [0, 0.05) is 13.1 Å². The molecule has 7 nitrogen and oxygen atoms in total. The van der Waals surface area contributed by atoms with Crippen LogP contribution in [0.4, 0.5) is 0 Å². The second kappa shape index (κ2) is 9.60. The number of fused-ring (bicyclic) bond motifs is 1. The molecule has 5 rings (SSSR count). The SMILES string of the molecule is O=C(NCc1ccc(Cn2cnc3ccccc32)cc1)c1ccc(CS(=O)(=O)c2ccccc2)o1. The molecule has 0 radical (unpaired) electrons. The first-order valence-electron chi connectivity index (χ1n) is 11.1. The van der Waals surface area contributed by atoms with E-state index in [-0.39, 0.29) is 22.2 Å². The Morgan fingerprint density at radius 3 is 2.37 bits per heavy atom. The molecule has 1 N–H and O–H groups in total. The minimum atomic E-state index is -3.55.